The molecule has 0 aliphatic rings. The number of Topliss-reactive ketones (excluding diaryl/α,β-unsaturated/α-hetero) is 1. The molecular formula is C13H14BrNO. The number of ketones is 1. The van der Waals surface area contributed by atoms with Crippen molar-refractivity contribution in [2.45, 2.75) is 32.6 Å². The van der Waals surface area contributed by atoms with E-state index in [1.807, 2.05) is 25.1 Å². The van der Waals surface area contributed by atoms with Gasteiger partial charge in [0.25, 0.3) is 0 Å². The quantitative estimate of drug-likeness (QED) is 0.850. The smallest absolute Gasteiger partial charge is 0.131 e. The SMILES string of the molecule is CC(=O)CC(C)(C#N)c1ccc(Br)c(C)c1. The molecule has 0 fully saturated rings. The normalized spacial score (nSPS) is 13.9. The third-order valence-electron chi connectivity index (χ3n) is 2.64. The van der Waals surface area contributed by atoms with Crippen LogP contribution < -0.4 is 0 Å². The highest BCUT2D eigenvalue weighted by Gasteiger charge is 2.28. The number of carbonyl (C=O) groups is 1. The van der Waals surface area contributed by atoms with Gasteiger partial charge in [-0.3, -0.25) is 4.79 Å². The summed E-state index contributed by atoms with van der Waals surface area (Å²) in [5, 5.41) is 9.23. The third kappa shape index (κ3) is 2.70. The number of benzene rings is 1. The maximum absolute atomic E-state index is 11.2. The van der Waals surface area contributed by atoms with E-state index in [0.717, 1.165) is 15.6 Å². The number of hydrogen-bond donors (Lipinski definition) is 0. The summed E-state index contributed by atoms with van der Waals surface area (Å²) in [4.78, 5) is 11.2. The Labute approximate surface area is 104 Å². The first kappa shape index (κ1) is 12.9. The van der Waals surface area contributed by atoms with Gasteiger partial charge in [-0.2, -0.15) is 5.26 Å². The molecule has 1 atom stereocenters. The molecule has 0 aromatic heterocycles. The van der Waals surface area contributed by atoms with E-state index in [9.17, 15) is 10.1 Å². The van der Waals surface area contributed by atoms with Crippen molar-refractivity contribution < 1.29 is 4.79 Å². The number of nitrogens with zero attached hydrogens (tertiary/aromatic N) is 1. The highest BCUT2D eigenvalue weighted by Crippen LogP contribution is 2.30. The Balaban J connectivity index is 3.19. The second-order valence-corrected chi connectivity index (χ2v) is 5.14. The van der Waals surface area contributed by atoms with Gasteiger partial charge < -0.3 is 0 Å². The summed E-state index contributed by atoms with van der Waals surface area (Å²) in [7, 11) is 0. The molecule has 1 aromatic carbocycles. The van der Waals surface area contributed by atoms with Gasteiger partial charge in [0.15, 0.2) is 0 Å². The molecule has 3 heteroatoms. The number of hydrogen-bond acceptors (Lipinski definition) is 2. The lowest BCUT2D eigenvalue weighted by molar-refractivity contribution is -0.117. The number of nitriles is 1. The molecule has 0 heterocycles. The summed E-state index contributed by atoms with van der Waals surface area (Å²) >= 11 is 3.42. The Morgan fingerprint density at radius 3 is 2.62 bits per heavy atom. The largest absolute Gasteiger partial charge is 0.300 e. The second kappa shape index (κ2) is 4.80. The number of aryl methyl sites for hydroxylation is 1. The minimum atomic E-state index is -0.725. The van der Waals surface area contributed by atoms with Gasteiger partial charge >= 0.3 is 0 Å². The minimum Gasteiger partial charge on any atom is -0.300 e. The zero-order valence-corrected chi connectivity index (χ0v) is 11.3. The fourth-order valence-corrected chi connectivity index (χ4v) is 1.94. The first-order valence-corrected chi connectivity index (χ1v) is 5.85. The number of rotatable bonds is 3. The fraction of sp³-hybridized carbons (Fsp3) is 0.385. The molecule has 0 radical (unpaired) electrons. The lowest BCUT2D eigenvalue weighted by Crippen LogP contribution is -2.22. The average molecular weight is 280 g/mol. The van der Waals surface area contributed by atoms with Crippen LogP contribution in [-0.4, -0.2) is 5.78 Å². The zero-order valence-electron chi connectivity index (χ0n) is 9.67. The van der Waals surface area contributed by atoms with Crippen LogP contribution in [0.25, 0.3) is 0 Å². The Hall–Kier alpha value is -1.14. The summed E-state index contributed by atoms with van der Waals surface area (Å²) in [6.45, 7) is 5.29. The van der Waals surface area contributed by atoms with E-state index < -0.39 is 5.41 Å². The van der Waals surface area contributed by atoms with Gasteiger partial charge in [-0.05, 0) is 38.0 Å². The summed E-state index contributed by atoms with van der Waals surface area (Å²) in [6.07, 6.45) is 0.255. The van der Waals surface area contributed by atoms with Crippen LogP contribution in [0.5, 0.6) is 0 Å². The monoisotopic (exact) mass is 279 g/mol. The van der Waals surface area contributed by atoms with Gasteiger partial charge in [-0.25, -0.2) is 0 Å². The molecule has 0 aliphatic carbocycles. The highest BCUT2D eigenvalue weighted by molar-refractivity contribution is 9.10. The Morgan fingerprint density at radius 1 is 1.56 bits per heavy atom. The molecule has 0 aliphatic heterocycles. The molecule has 16 heavy (non-hydrogen) atoms. The van der Waals surface area contributed by atoms with Crippen LogP contribution in [0.2, 0.25) is 0 Å². The Morgan fingerprint density at radius 2 is 2.19 bits per heavy atom. The van der Waals surface area contributed by atoms with Gasteiger partial charge in [0.1, 0.15) is 5.78 Å². The van der Waals surface area contributed by atoms with Crippen molar-refractivity contribution in [2.75, 3.05) is 0 Å². The topological polar surface area (TPSA) is 40.9 Å². The first-order chi connectivity index (χ1) is 7.39. The van der Waals surface area contributed by atoms with E-state index in [1.54, 1.807) is 6.92 Å². The maximum atomic E-state index is 11.2. The Bertz CT molecular complexity index is 461. The molecule has 0 amide bonds. The third-order valence-corrected chi connectivity index (χ3v) is 3.53. The van der Waals surface area contributed by atoms with Crippen LogP contribution in [0.1, 0.15) is 31.4 Å². The van der Waals surface area contributed by atoms with E-state index in [2.05, 4.69) is 22.0 Å². The minimum absolute atomic E-state index is 0.0321. The van der Waals surface area contributed by atoms with E-state index in [1.165, 1.54) is 6.92 Å². The number of carbonyl (C=O) groups excluding carboxylic acids is 1. The van der Waals surface area contributed by atoms with Crippen LogP contribution in [0, 0.1) is 18.3 Å². The van der Waals surface area contributed by atoms with Crippen LogP contribution in [0.4, 0.5) is 0 Å². The van der Waals surface area contributed by atoms with Gasteiger partial charge in [-0.15, -0.1) is 0 Å². The van der Waals surface area contributed by atoms with E-state index in [-0.39, 0.29) is 12.2 Å². The van der Waals surface area contributed by atoms with Gasteiger partial charge in [0.2, 0.25) is 0 Å². The van der Waals surface area contributed by atoms with Crippen molar-refractivity contribution in [3.05, 3.63) is 33.8 Å². The van der Waals surface area contributed by atoms with E-state index in [0.29, 0.717) is 0 Å². The summed E-state index contributed by atoms with van der Waals surface area (Å²) in [6, 6.07) is 8.00. The van der Waals surface area contributed by atoms with Crippen LogP contribution in [0.15, 0.2) is 22.7 Å². The summed E-state index contributed by atoms with van der Waals surface area (Å²) in [5.41, 5.74) is 1.24. The molecular weight excluding hydrogens is 266 g/mol. The average Bonchev–Trinajstić information content (AvgIpc) is 2.21. The molecule has 2 nitrogen and oxygen atoms in total. The lowest BCUT2D eigenvalue weighted by atomic mass is 9.79. The predicted octanol–water partition coefficient (Wildman–Crippen LogP) is 3.52. The molecule has 1 aromatic rings. The van der Waals surface area contributed by atoms with Crippen molar-refractivity contribution in [2.24, 2.45) is 0 Å². The van der Waals surface area contributed by atoms with Crippen LogP contribution in [0.3, 0.4) is 0 Å². The van der Waals surface area contributed by atoms with Crippen molar-refractivity contribution >= 4 is 21.7 Å². The van der Waals surface area contributed by atoms with E-state index >= 15 is 0 Å². The van der Waals surface area contributed by atoms with Crippen molar-refractivity contribution in [1.29, 1.82) is 5.26 Å². The molecule has 0 N–H and O–H groups in total. The maximum Gasteiger partial charge on any atom is 0.131 e. The van der Waals surface area contributed by atoms with Crippen molar-refractivity contribution in [3.63, 3.8) is 0 Å². The zero-order chi connectivity index (χ0) is 12.3. The molecule has 0 saturated carbocycles. The summed E-state index contributed by atoms with van der Waals surface area (Å²) < 4.78 is 1.01. The summed E-state index contributed by atoms with van der Waals surface area (Å²) in [5.74, 6) is 0.0321. The van der Waals surface area contributed by atoms with Crippen molar-refractivity contribution in [1.82, 2.24) is 0 Å². The molecule has 1 rings (SSSR count). The standard InChI is InChI=1S/C13H14BrNO/c1-9-6-11(4-5-12(9)14)13(3,8-15)7-10(2)16/h4-6H,7H2,1-3H3. The predicted molar refractivity (Wildman–Crippen MR) is 67.1 cm³/mol. The second-order valence-electron chi connectivity index (χ2n) is 4.29. The van der Waals surface area contributed by atoms with Gasteiger partial charge in [0, 0.05) is 10.9 Å². The first-order valence-electron chi connectivity index (χ1n) is 5.06. The van der Waals surface area contributed by atoms with Gasteiger partial charge in [-0.1, -0.05) is 28.1 Å². The van der Waals surface area contributed by atoms with E-state index in [4.69, 9.17) is 0 Å². The fourth-order valence-electron chi connectivity index (χ4n) is 1.69. The lowest BCUT2D eigenvalue weighted by Gasteiger charge is -2.21. The molecule has 1 unspecified atom stereocenters. The molecule has 84 valence electrons. The van der Waals surface area contributed by atoms with Gasteiger partial charge in [0.05, 0.1) is 11.5 Å². The molecule has 0 saturated heterocycles. The molecule has 0 bridgehead atoms. The molecule has 0 spiro atoms. The van der Waals surface area contributed by atoms with Crippen molar-refractivity contribution in [3.8, 4) is 6.07 Å². The number of halogens is 1. The van der Waals surface area contributed by atoms with Crippen LogP contribution >= 0.6 is 15.9 Å². The van der Waals surface area contributed by atoms with Crippen LogP contribution in [-0.2, 0) is 10.2 Å². The highest BCUT2D eigenvalue weighted by atomic mass is 79.9. The Kier molecular flexibility index (Phi) is 3.88.